The molecule has 1 saturated heterocycles. The topological polar surface area (TPSA) is 31.1 Å². The SMILES string of the molecule is Cc1ccc2[nH]cc(CC3CNCCN3C)c2c1. The zero-order valence-electron chi connectivity index (χ0n) is 11.2. The van der Waals surface area contributed by atoms with Crippen molar-refractivity contribution in [2.75, 3.05) is 26.7 Å². The number of hydrogen-bond acceptors (Lipinski definition) is 2. The maximum absolute atomic E-state index is 3.49. The summed E-state index contributed by atoms with van der Waals surface area (Å²) >= 11 is 0. The molecule has 1 atom stereocenters. The molecule has 3 rings (SSSR count). The molecule has 3 heteroatoms. The molecule has 1 aromatic carbocycles. The third-order valence-corrected chi connectivity index (χ3v) is 4.02. The van der Waals surface area contributed by atoms with Gasteiger partial charge in [0, 0.05) is 42.8 Å². The van der Waals surface area contributed by atoms with Crippen LogP contribution in [0.3, 0.4) is 0 Å². The van der Waals surface area contributed by atoms with E-state index in [4.69, 9.17) is 0 Å². The van der Waals surface area contributed by atoms with E-state index in [9.17, 15) is 0 Å². The van der Waals surface area contributed by atoms with E-state index in [-0.39, 0.29) is 0 Å². The summed E-state index contributed by atoms with van der Waals surface area (Å²) in [6, 6.07) is 7.24. The molecule has 3 nitrogen and oxygen atoms in total. The standard InChI is InChI=1S/C15H21N3/c1-11-3-4-15-14(7-11)12(9-17-15)8-13-10-16-5-6-18(13)2/h3-4,7,9,13,16-17H,5-6,8,10H2,1-2H3. The van der Waals surface area contributed by atoms with Gasteiger partial charge in [-0.2, -0.15) is 0 Å². The number of fused-ring (bicyclic) bond motifs is 1. The fourth-order valence-electron chi connectivity index (χ4n) is 2.81. The van der Waals surface area contributed by atoms with Crippen LogP contribution in [0.25, 0.3) is 10.9 Å². The molecule has 0 bridgehead atoms. The summed E-state index contributed by atoms with van der Waals surface area (Å²) in [5.74, 6) is 0. The molecule has 18 heavy (non-hydrogen) atoms. The summed E-state index contributed by atoms with van der Waals surface area (Å²) in [6.45, 7) is 5.51. The molecule has 0 radical (unpaired) electrons. The third-order valence-electron chi connectivity index (χ3n) is 4.02. The van der Waals surface area contributed by atoms with Gasteiger partial charge in [-0.15, -0.1) is 0 Å². The maximum Gasteiger partial charge on any atom is 0.0456 e. The van der Waals surface area contributed by atoms with Gasteiger partial charge in [0.15, 0.2) is 0 Å². The van der Waals surface area contributed by atoms with Crippen molar-refractivity contribution < 1.29 is 0 Å². The summed E-state index contributed by atoms with van der Waals surface area (Å²) < 4.78 is 0. The van der Waals surface area contributed by atoms with Crippen molar-refractivity contribution in [2.24, 2.45) is 0 Å². The third kappa shape index (κ3) is 2.16. The van der Waals surface area contributed by atoms with Crippen LogP contribution in [0.15, 0.2) is 24.4 Å². The highest BCUT2D eigenvalue weighted by Gasteiger charge is 2.19. The number of rotatable bonds is 2. The number of likely N-dealkylation sites (N-methyl/N-ethyl adjacent to an activating group) is 1. The van der Waals surface area contributed by atoms with E-state index in [2.05, 4.69) is 53.6 Å². The molecule has 2 N–H and O–H groups in total. The molecule has 2 aromatic rings. The van der Waals surface area contributed by atoms with Crippen molar-refractivity contribution >= 4 is 10.9 Å². The van der Waals surface area contributed by atoms with E-state index in [1.54, 1.807) is 0 Å². The van der Waals surface area contributed by atoms with Gasteiger partial charge in [0.1, 0.15) is 0 Å². The first kappa shape index (κ1) is 11.8. The summed E-state index contributed by atoms with van der Waals surface area (Å²) in [5, 5.41) is 4.87. The molecule has 0 aliphatic carbocycles. The van der Waals surface area contributed by atoms with E-state index in [0.29, 0.717) is 6.04 Å². The van der Waals surface area contributed by atoms with Crippen molar-refractivity contribution in [3.8, 4) is 0 Å². The number of H-pyrrole nitrogens is 1. The summed E-state index contributed by atoms with van der Waals surface area (Å²) in [7, 11) is 2.23. The van der Waals surface area contributed by atoms with Crippen molar-refractivity contribution in [3.63, 3.8) is 0 Å². The molecular weight excluding hydrogens is 222 g/mol. The van der Waals surface area contributed by atoms with Crippen LogP contribution >= 0.6 is 0 Å². The van der Waals surface area contributed by atoms with Gasteiger partial charge >= 0.3 is 0 Å². The average molecular weight is 243 g/mol. The van der Waals surface area contributed by atoms with E-state index >= 15 is 0 Å². The Morgan fingerprint density at radius 2 is 2.28 bits per heavy atom. The lowest BCUT2D eigenvalue weighted by Crippen LogP contribution is -2.50. The van der Waals surface area contributed by atoms with Crippen LogP contribution in [-0.4, -0.2) is 42.6 Å². The number of benzene rings is 1. The Balaban J connectivity index is 1.87. The predicted octanol–water partition coefficient (Wildman–Crippen LogP) is 1.92. The monoisotopic (exact) mass is 243 g/mol. The molecule has 0 saturated carbocycles. The zero-order valence-corrected chi connectivity index (χ0v) is 11.2. The first-order chi connectivity index (χ1) is 8.74. The highest BCUT2D eigenvalue weighted by Crippen LogP contribution is 2.22. The Kier molecular flexibility index (Phi) is 3.10. The highest BCUT2D eigenvalue weighted by molar-refractivity contribution is 5.83. The lowest BCUT2D eigenvalue weighted by molar-refractivity contribution is 0.199. The molecule has 0 amide bonds. The smallest absolute Gasteiger partial charge is 0.0456 e. The Hall–Kier alpha value is -1.32. The molecule has 96 valence electrons. The average Bonchev–Trinajstić information content (AvgIpc) is 2.75. The van der Waals surface area contributed by atoms with Crippen molar-refractivity contribution in [1.82, 2.24) is 15.2 Å². The number of aryl methyl sites for hydroxylation is 1. The molecule has 1 fully saturated rings. The number of aromatic nitrogens is 1. The van der Waals surface area contributed by atoms with Gasteiger partial charge in [0.2, 0.25) is 0 Å². The zero-order chi connectivity index (χ0) is 12.5. The van der Waals surface area contributed by atoms with Gasteiger partial charge in [0.05, 0.1) is 0 Å². The largest absolute Gasteiger partial charge is 0.361 e. The lowest BCUT2D eigenvalue weighted by Gasteiger charge is -2.33. The highest BCUT2D eigenvalue weighted by atomic mass is 15.2. The van der Waals surface area contributed by atoms with E-state index in [0.717, 1.165) is 26.1 Å². The molecule has 1 aliphatic heterocycles. The minimum atomic E-state index is 0.610. The van der Waals surface area contributed by atoms with Gasteiger partial charge < -0.3 is 15.2 Å². The van der Waals surface area contributed by atoms with Gasteiger partial charge in [-0.25, -0.2) is 0 Å². The Morgan fingerprint density at radius 3 is 3.11 bits per heavy atom. The lowest BCUT2D eigenvalue weighted by atomic mass is 10.0. The normalized spacial score (nSPS) is 21.6. The van der Waals surface area contributed by atoms with E-state index in [1.165, 1.54) is 22.0 Å². The first-order valence-electron chi connectivity index (χ1n) is 6.71. The van der Waals surface area contributed by atoms with Crippen LogP contribution in [0.1, 0.15) is 11.1 Å². The Labute approximate surface area is 108 Å². The first-order valence-corrected chi connectivity index (χ1v) is 6.71. The van der Waals surface area contributed by atoms with E-state index in [1.807, 2.05) is 0 Å². The molecular formula is C15H21N3. The van der Waals surface area contributed by atoms with Gasteiger partial charge in [-0.05, 0) is 38.1 Å². The fourth-order valence-corrected chi connectivity index (χ4v) is 2.81. The molecule has 1 unspecified atom stereocenters. The quantitative estimate of drug-likeness (QED) is 0.844. The predicted molar refractivity (Wildman–Crippen MR) is 76.0 cm³/mol. The molecule has 1 aliphatic rings. The van der Waals surface area contributed by atoms with Crippen LogP contribution in [-0.2, 0) is 6.42 Å². The van der Waals surface area contributed by atoms with Crippen LogP contribution in [0.5, 0.6) is 0 Å². The summed E-state index contributed by atoms with van der Waals surface area (Å²) in [5.41, 5.74) is 4.02. The molecule has 0 spiro atoms. The second-order valence-corrected chi connectivity index (χ2v) is 5.41. The second-order valence-electron chi connectivity index (χ2n) is 5.41. The van der Waals surface area contributed by atoms with Gasteiger partial charge in [-0.1, -0.05) is 11.6 Å². The van der Waals surface area contributed by atoms with Crippen LogP contribution in [0.4, 0.5) is 0 Å². The Morgan fingerprint density at radius 1 is 1.39 bits per heavy atom. The van der Waals surface area contributed by atoms with Crippen molar-refractivity contribution in [2.45, 2.75) is 19.4 Å². The summed E-state index contributed by atoms with van der Waals surface area (Å²) in [4.78, 5) is 5.84. The number of hydrogen-bond donors (Lipinski definition) is 2. The number of piperazine rings is 1. The van der Waals surface area contributed by atoms with Gasteiger partial charge in [0.25, 0.3) is 0 Å². The van der Waals surface area contributed by atoms with Crippen LogP contribution in [0, 0.1) is 6.92 Å². The number of nitrogens with one attached hydrogen (secondary N) is 2. The van der Waals surface area contributed by atoms with E-state index < -0.39 is 0 Å². The minimum Gasteiger partial charge on any atom is -0.361 e. The molecule has 1 aromatic heterocycles. The maximum atomic E-state index is 3.49. The van der Waals surface area contributed by atoms with Crippen LogP contribution < -0.4 is 5.32 Å². The number of aromatic amines is 1. The minimum absolute atomic E-state index is 0.610. The Bertz CT molecular complexity index is 544. The van der Waals surface area contributed by atoms with Gasteiger partial charge in [-0.3, -0.25) is 0 Å². The fraction of sp³-hybridized carbons (Fsp3) is 0.467. The van der Waals surface area contributed by atoms with Crippen molar-refractivity contribution in [3.05, 3.63) is 35.5 Å². The summed E-state index contributed by atoms with van der Waals surface area (Å²) in [6.07, 6.45) is 3.29. The van der Waals surface area contributed by atoms with Crippen LogP contribution in [0.2, 0.25) is 0 Å². The van der Waals surface area contributed by atoms with Crippen molar-refractivity contribution in [1.29, 1.82) is 0 Å². The molecule has 2 heterocycles. The number of nitrogens with zero attached hydrogens (tertiary/aromatic N) is 1. The second kappa shape index (κ2) is 4.75.